The summed E-state index contributed by atoms with van der Waals surface area (Å²) in [5.74, 6) is 0.357. The molecule has 4 heterocycles. The second-order valence-corrected chi connectivity index (χ2v) is 9.53. The molecule has 6 rings (SSSR count). The Labute approximate surface area is 213 Å². The molecule has 0 amide bonds. The normalized spacial score (nSPS) is 14.5. The maximum absolute atomic E-state index is 14.7. The molecule has 0 N–H and O–H groups in total. The summed E-state index contributed by atoms with van der Waals surface area (Å²) in [5, 5.41) is 11.4. The molecule has 2 aromatic carbocycles. The average molecular weight is 499 g/mol. The van der Waals surface area contributed by atoms with Gasteiger partial charge in [0.05, 0.1) is 35.9 Å². The Hall–Kier alpha value is -4.27. The molecule has 0 radical (unpaired) electrons. The van der Waals surface area contributed by atoms with Gasteiger partial charge in [-0.05, 0) is 50.1 Å². The van der Waals surface area contributed by atoms with Gasteiger partial charge in [-0.15, -0.1) is 0 Å². The summed E-state index contributed by atoms with van der Waals surface area (Å²) in [4.78, 5) is 18.7. The molecule has 0 spiro atoms. The highest BCUT2D eigenvalue weighted by atomic mass is 19.1. The number of esters is 1. The van der Waals surface area contributed by atoms with E-state index in [9.17, 15) is 9.18 Å². The molecule has 1 saturated heterocycles. The van der Waals surface area contributed by atoms with Gasteiger partial charge in [-0.1, -0.05) is 12.1 Å². The Bertz CT molecular complexity index is 1630. The lowest BCUT2D eigenvalue weighted by Gasteiger charge is -2.31. The van der Waals surface area contributed by atoms with Crippen molar-refractivity contribution in [3.8, 4) is 16.9 Å². The number of aryl methyl sites for hydroxylation is 2. The van der Waals surface area contributed by atoms with Crippen LogP contribution in [0.15, 0.2) is 54.9 Å². The van der Waals surface area contributed by atoms with Crippen molar-refractivity contribution in [3.63, 3.8) is 0 Å². The molecule has 3 aromatic heterocycles. The smallest absolute Gasteiger partial charge is 0.308 e. The summed E-state index contributed by atoms with van der Waals surface area (Å²) in [6.45, 7) is 3.25. The van der Waals surface area contributed by atoms with Crippen LogP contribution in [0, 0.1) is 18.7 Å². The van der Waals surface area contributed by atoms with Gasteiger partial charge in [-0.2, -0.15) is 10.2 Å². The van der Waals surface area contributed by atoms with Crippen LogP contribution in [0.4, 0.5) is 10.2 Å². The fourth-order valence-electron chi connectivity index (χ4n) is 5.30. The van der Waals surface area contributed by atoms with Crippen LogP contribution in [-0.4, -0.2) is 50.7 Å². The standard InChI is InChI=1S/C28H27FN6O2/c1-17-23(29)9-8-21-26(20-5-4-6-24-22(20)16-33(2)31-24)32-35(27(17)21)19-7-10-25(30-15-19)34-13-11-18(12-14-34)28(36)37-3/h4-10,15-16,18H,11-14H2,1-3H3. The zero-order chi connectivity index (χ0) is 25.7. The van der Waals surface area contributed by atoms with Crippen molar-refractivity contribution in [2.24, 2.45) is 13.0 Å². The van der Waals surface area contributed by atoms with E-state index in [4.69, 9.17) is 14.8 Å². The van der Waals surface area contributed by atoms with Crippen LogP contribution in [0.2, 0.25) is 0 Å². The number of aromatic nitrogens is 5. The highest BCUT2D eigenvalue weighted by Crippen LogP contribution is 2.36. The number of carbonyl (C=O) groups is 1. The molecule has 0 saturated carbocycles. The zero-order valence-electron chi connectivity index (χ0n) is 21.0. The molecule has 5 aromatic rings. The quantitative estimate of drug-likeness (QED) is 0.331. The summed E-state index contributed by atoms with van der Waals surface area (Å²) in [6.07, 6.45) is 5.22. The number of rotatable bonds is 4. The third-order valence-corrected chi connectivity index (χ3v) is 7.28. The molecule has 0 unspecified atom stereocenters. The van der Waals surface area contributed by atoms with E-state index in [1.807, 2.05) is 43.6 Å². The third kappa shape index (κ3) is 3.91. The molecule has 8 nitrogen and oxygen atoms in total. The van der Waals surface area contributed by atoms with Crippen LogP contribution in [-0.2, 0) is 16.6 Å². The first-order chi connectivity index (χ1) is 17.9. The summed E-state index contributed by atoms with van der Waals surface area (Å²) in [6, 6.07) is 13.2. The van der Waals surface area contributed by atoms with Crippen molar-refractivity contribution in [1.29, 1.82) is 0 Å². The van der Waals surface area contributed by atoms with Gasteiger partial charge in [0.25, 0.3) is 0 Å². The van der Waals surface area contributed by atoms with E-state index in [0.29, 0.717) is 11.1 Å². The van der Waals surface area contributed by atoms with Crippen molar-refractivity contribution in [2.75, 3.05) is 25.1 Å². The minimum absolute atomic E-state index is 0.0588. The number of hydrogen-bond acceptors (Lipinski definition) is 6. The van der Waals surface area contributed by atoms with Gasteiger partial charge in [0, 0.05) is 48.2 Å². The van der Waals surface area contributed by atoms with Crippen molar-refractivity contribution in [1.82, 2.24) is 24.5 Å². The van der Waals surface area contributed by atoms with Gasteiger partial charge in [-0.3, -0.25) is 9.48 Å². The van der Waals surface area contributed by atoms with Crippen molar-refractivity contribution >= 4 is 33.6 Å². The second-order valence-electron chi connectivity index (χ2n) is 9.53. The van der Waals surface area contributed by atoms with E-state index < -0.39 is 0 Å². The highest BCUT2D eigenvalue weighted by Gasteiger charge is 2.26. The molecule has 1 fully saturated rings. The number of pyridine rings is 1. The number of halogens is 1. The third-order valence-electron chi connectivity index (χ3n) is 7.28. The van der Waals surface area contributed by atoms with Gasteiger partial charge < -0.3 is 9.64 Å². The minimum Gasteiger partial charge on any atom is -0.469 e. The molecule has 0 aliphatic carbocycles. The first-order valence-corrected chi connectivity index (χ1v) is 12.3. The maximum atomic E-state index is 14.7. The molecular formula is C28H27FN6O2. The van der Waals surface area contributed by atoms with E-state index in [0.717, 1.165) is 65.0 Å². The average Bonchev–Trinajstić information content (AvgIpc) is 3.51. The lowest BCUT2D eigenvalue weighted by molar-refractivity contribution is -0.146. The minimum atomic E-state index is -0.280. The number of nitrogens with zero attached hydrogens (tertiary/aromatic N) is 6. The molecule has 37 heavy (non-hydrogen) atoms. The Balaban J connectivity index is 1.40. The van der Waals surface area contributed by atoms with Gasteiger partial charge in [0.1, 0.15) is 17.3 Å². The summed E-state index contributed by atoms with van der Waals surface area (Å²) in [7, 11) is 3.33. The molecule has 0 bridgehead atoms. The van der Waals surface area contributed by atoms with Crippen molar-refractivity contribution in [3.05, 3.63) is 66.2 Å². The Kier molecular flexibility index (Phi) is 5.62. The number of benzene rings is 2. The predicted octanol–water partition coefficient (Wildman–Crippen LogP) is 4.81. The zero-order valence-corrected chi connectivity index (χ0v) is 21.0. The molecule has 1 aliphatic rings. The van der Waals surface area contributed by atoms with E-state index in [1.54, 1.807) is 28.6 Å². The van der Waals surface area contributed by atoms with E-state index >= 15 is 0 Å². The topological polar surface area (TPSA) is 78.1 Å². The second kappa shape index (κ2) is 8.99. The number of fused-ring (bicyclic) bond motifs is 2. The van der Waals surface area contributed by atoms with Crippen LogP contribution >= 0.6 is 0 Å². The van der Waals surface area contributed by atoms with Crippen LogP contribution in [0.5, 0.6) is 0 Å². The summed E-state index contributed by atoms with van der Waals surface area (Å²) in [5.41, 5.74) is 4.58. The van der Waals surface area contributed by atoms with Crippen molar-refractivity contribution < 1.29 is 13.9 Å². The van der Waals surface area contributed by atoms with E-state index in [1.165, 1.54) is 13.2 Å². The molecule has 1 aliphatic heterocycles. The lowest BCUT2D eigenvalue weighted by atomic mass is 9.97. The number of hydrogen-bond donors (Lipinski definition) is 0. The van der Waals surface area contributed by atoms with Gasteiger partial charge >= 0.3 is 5.97 Å². The lowest BCUT2D eigenvalue weighted by Crippen LogP contribution is -2.37. The molecule has 0 atom stereocenters. The van der Waals surface area contributed by atoms with Crippen molar-refractivity contribution in [2.45, 2.75) is 19.8 Å². The van der Waals surface area contributed by atoms with Gasteiger partial charge in [0.15, 0.2) is 0 Å². The van der Waals surface area contributed by atoms with Crippen LogP contribution in [0.3, 0.4) is 0 Å². The largest absolute Gasteiger partial charge is 0.469 e. The molecular weight excluding hydrogens is 471 g/mol. The Morgan fingerprint density at radius 3 is 2.59 bits per heavy atom. The first kappa shape index (κ1) is 23.1. The monoisotopic (exact) mass is 498 g/mol. The maximum Gasteiger partial charge on any atom is 0.308 e. The van der Waals surface area contributed by atoms with E-state index in [2.05, 4.69) is 10.00 Å². The molecule has 188 valence electrons. The van der Waals surface area contributed by atoms with Crippen LogP contribution in [0.1, 0.15) is 18.4 Å². The fraction of sp³-hybridized carbons (Fsp3) is 0.286. The Morgan fingerprint density at radius 2 is 1.86 bits per heavy atom. The van der Waals surface area contributed by atoms with Crippen LogP contribution in [0.25, 0.3) is 38.8 Å². The Morgan fingerprint density at radius 1 is 1.05 bits per heavy atom. The number of piperidine rings is 1. The SMILES string of the molecule is COC(=O)C1CCN(c2ccc(-n3nc(-c4cccc5nn(C)cc45)c4ccc(F)c(C)c43)cn2)CC1. The highest BCUT2D eigenvalue weighted by molar-refractivity contribution is 6.03. The van der Waals surface area contributed by atoms with Crippen LogP contribution < -0.4 is 4.90 Å². The summed E-state index contributed by atoms with van der Waals surface area (Å²) >= 11 is 0. The number of anilines is 1. The number of carbonyl (C=O) groups excluding carboxylic acids is 1. The predicted molar refractivity (Wildman–Crippen MR) is 140 cm³/mol. The number of ether oxygens (including phenoxy) is 1. The van der Waals surface area contributed by atoms with Gasteiger partial charge in [0.2, 0.25) is 0 Å². The molecule has 9 heteroatoms. The number of methoxy groups -OCH3 is 1. The van der Waals surface area contributed by atoms with E-state index in [-0.39, 0.29) is 17.7 Å². The fourth-order valence-corrected chi connectivity index (χ4v) is 5.30. The summed E-state index contributed by atoms with van der Waals surface area (Å²) < 4.78 is 23.2. The first-order valence-electron chi connectivity index (χ1n) is 12.3. The van der Waals surface area contributed by atoms with Gasteiger partial charge in [-0.25, -0.2) is 14.1 Å².